The van der Waals surface area contributed by atoms with E-state index in [1.165, 1.54) is 19.4 Å². The molecule has 4 nitrogen and oxygen atoms in total. The number of rotatable bonds is 1. The maximum atomic E-state index is 11.0. The number of hydrogen-bond acceptors (Lipinski definition) is 4. The van der Waals surface area contributed by atoms with Gasteiger partial charge in [-0.15, -0.1) is 0 Å². The van der Waals surface area contributed by atoms with E-state index < -0.39 is 5.60 Å². The van der Waals surface area contributed by atoms with Crippen molar-refractivity contribution in [1.82, 2.24) is 0 Å². The molecule has 0 N–H and O–H groups in total. The van der Waals surface area contributed by atoms with Gasteiger partial charge in [0, 0.05) is 24.8 Å². The molecule has 2 aliphatic heterocycles. The summed E-state index contributed by atoms with van der Waals surface area (Å²) in [5, 5.41) is 0. The lowest BCUT2D eigenvalue weighted by Crippen LogP contribution is -2.33. The zero-order valence-corrected chi connectivity index (χ0v) is 7.64. The molecule has 0 spiro atoms. The van der Waals surface area contributed by atoms with Crippen LogP contribution in [0.15, 0.2) is 41.4 Å². The molecule has 0 saturated carbocycles. The van der Waals surface area contributed by atoms with Crippen molar-refractivity contribution in [3.05, 3.63) is 36.4 Å². The number of nitrogens with zero attached hydrogens (tertiary/aromatic N) is 1. The van der Waals surface area contributed by atoms with Gasteiger partial charge in [-0.1, -0.05) is 0 Å². The summed E-state index contributed by atoms with van der Waals surface area (Å²) < 4.78 is 10.2. The van der Waals surface area contributed by atoms with E-state index in [1.54, 1.807) is 24.6 Å². The van der Waals surface area contributed by atoms with Gasteiger partial charge in [0.15, 0.2) is 5.60 Å². The number of hydrogen-bond donors (Lipinski definition) is 0. The topological polar surface area (TPSA) is 47.9 Å². The molecule has 0 fully saturated rings. The van der Waals surface area contributed by atoms with Crippen LogP contribution in [0.4, 0.5) is 0 Å². The summed E-state index contributed by atoms with van der Waals surface area (Å²) in [5.41, 5.74) is -0.0970. The molecular weight excluding hydrogens is 182 g/mol. The SMILES string of the molecule is CC(=O)OC12C=COC=CC1=CN=C2. The average molecular weight is 191 g/mol. The number of carbonyl (C=O) groups is 1. The second-order valence-electron chi connectivity index (χ2n) is 2.99. The van der Waals surface area contributed by atoms with Gasteiger partial charge < -0.3 is 9.47 Å². The molecule has 1 unspecified atom stereocenters. The molecular formula is C10H9NO3. The lowest BCUT2D eigenvalue weighted by atomic mass is 9.97. The highest BCUT2D eigenvalue weighted by Gasteiger charge is 2.36. The van der Waals surface area contributed by atoms with Gasteiger partial charge in [-0.3, -0.25) is 9.79 Å². The highest BCUT2D eigenvalue weighted by Crippen LogP contribution is 2.29. The van der Waals surface area contributed by atoms with E-state index in [9.17, 15) is 4.79 Å². The van der Waals surface area contributed by atoms with Crippen LogP contribution in [0.25, 0.3) is 0 Å². The van der Waals surface area contributed by atoms with Crippen LogP contribution in [0.3, 0.4) is 0 Å². The monoisotopic (exact) mass is 191 g/mol. The molecule has 0 aliphatic carbocycles. The van der Waals surface area contributed by atoms with Gasteiger partial charge in [0.25, 0.3) is 0 Å². The second kappa shape index (κ2) is 3.14. The van der Waals surface area contributed by atoms with Crippen LogP contribution in [0, 0.1) is 0 Å². The predicted molar refractivity (Wildman–Crippen MR) is 50.4 cm³/mol. The number of esters is 1. The molecule has 4 heteroatoms. The lowest BCUT2D eigenvalue weighted by molar-refractivity contribution is -0.145. The van der Waals surface area contributed by atoms with Crippen molar-refractivity contribution in [2.75, 3.05) is 0 Å². The van der Waals surface area contributed by atoms with Crippen LogP contribution in [-0.2, 0) is 14.3 Å². The van der Waals surface area contributed by atoms with Crippen molar-refractivity contribution >= 4 is 12.2 Å². The first-order chi connectivity index (χ1) is 6.73. The summed E-state index contributed by atoms with van der Waals surface area (Å²) in [7, 11) is 0. The van der Waals surface area contributed by atoms with Crippen molar-refractivity contribution in [2.45, 2.75) is 12.5 Å². The van der Waals surface area contributed by atoms with Gasteiger partial charge in [-0.25, -0.2) is 0 Å². The third kappa shape index (κ3) is 1.35. The van der Waals surface area contributed by atoms with Crippen LogP contribution >= 0.6 is 0 Å². The number of carbonyl (C=O) groups excluding carboxylic acids is 1. The van der Waals surface area contributed by atoms with Gasteiger partial charge in [0.2, 0.25) is 0 Å². The maximum absolute atomic E-state index is 11.0. The molecule has 14 heavy (non-hydrogen) atoms. The largest absolute Gasteiger partial charge is 0.473 e. The van der Waals surface area contributed by atoms with Crippen LogP contribution in [0.2, 0.25) is 0 Å². The van der Waals surface area contributed by atoms with E-state index >= 15 is 0 Å². The zero-order chi connectivity index (χ0) is 10.0. The number of fused-ring (bicyclic) bond motifs is 1. The Kier molecular flexibility index (Phi) is 1.96. The van der Waals surface area contributed by atoms with Crippen LogP contribution < -0.4 is 0 Å². The Bertz CT molecular complexity index is 379. The van der Waals surface area contributed by atoms with Gasteiger partial charge in [-0.2, -0.15) is 0 Å². The number of ether oxygens (including phenoxy) is 2. The lowest BCUT2D eigenvalue weighted by Gasteiger charge is -2.22. The van der Waals surface area contributed by atoms with Crippen LogP contribution in [-0.4, -0.2) is 17.8 Å². The second-order valence-corrected chi connectivity index (χ2v) is 2.99. The molecule has 0 aromatic heterocycles. The molecule has 0 aromatic carbocycles. The smallest absolute Gasteiger partial charge is 0.304 e. The molecule has 0 amide bonds. The Morgan fingerprint density at radius 3 is 3.21 bits per heavy atom. The first-order valence-corrected chi connectivity index (χ1v) is 4.17. The molecule has 1 atom stereocenters. The van der Waals surface area contributed by atoms with Gasteiger partial charge in [0.05, 0.1) is 18.7 Å². The van der Waals surface area contributed by atoms with E-state index in [2.05, 4.69) is 4.99 Å². The van der Waals surface area contributed by atoms with E-state index in [0.29, 0.717) is 0 Å². The molecule has 2 aliphatic rings. The standard InChI is InChI=1S/C10H9NO3/c1-8(12)14-10-3-5-13-4-2-9(10)6-11-7-10/h2-7H,1H3. The Hall–Kier alpha value is -1.84. The van der Waals surface area contributed by atoms with Gasteiger partial charge >= 0.3 is 5.97 Å². The number of aliphatic imine (C=N–C) groups is 1. The fourth-order valence-corrected chi connectivity index (χ4v) is 1.37. The molecule has 0 aromatic rings. The van der Waals surface area contributed by atoms with Crippen molar-refractivity contribution in [1.29, 1.82) is 0 Å². The molecule has 0 bridgehead atoms. The summed E-state index contributed by atoms with van der Waals surface area (Å²) in [6.07, 6.45) is 9.56. The van der Waals surface area contributed by atoms with Gasteiger partial charge in [0.1, 0.15) is 0 Å². The van der Waals surface area contributed by atoms with E-state index in [1.807, 2.05) is 0 Å². The molecule has 0 saturated heterocycles. The minimum Gasteiger partial charge on any atom is -0.473 e. The average Bonchev–Trinajstić information content (AvgIpc) is 2.39. The van der Waals surface area contributed by atoms with Crippen LogP contribution in [0.5, 0.6) is 0 Å². The van der Waals surface area contributed by atoms with Crippen molar-refractivity contribution in [2.24, 2.45) is 4.99 Å². The van der Waals surface area contributed by atoms with Crippen molar-refractivity contribution in [3.8, 4) is 0 Å². The third-order valence-electron chi connectivity index (χ3n) is 1.96. The maximum Gasteiger partial charge on any atom is 0.304 e. The summed E-state index contributed by atoms with van der Waals surface area (Å²) in [5.74, 6) is -0.357. The minimum atomic E-state index is -0.876. The van der Waals surface area contributed by atoms with E-state index in [-0.39, 0.29) is 5.97 Å². The predicted octanol–water partition coefficient (Wildman–Crippen LogP) is 1.31. The van der Waals surface area contributed by atoms with Crippen LogP contribution in [0.1, 0.15) is 6.92 Å². The van der Waals surface area contributed by atoms with E-state index in [4.69, 9.17) is 9.47 Å². The summed E-state index contributed by atoms with van der Waals surface area (Å²) >= 11 is 0. The first-order valence-electron chi connectivity index (χ1n) is 4.17. The highest BCUT2D eigenvalue weighted by molar-refractivity contribution is 5.85. The molecule has 2 rings (SSSR count). The molecule has 0 radical (unpaired) electrons. The third-order valence-corrected chi connectivity index (χ3v) is 1.96. The fraction of sp³-hybridized carbons (Fsp3) is 0.200. The fourth-order valence-electron chi connectivity index (χ4n) is 1.37. The molecule has 2 heterocycles. The Balaban J connectivity index is 2.38. The quantitative estimate of drug-likeness (QED) is 0.587. The van der Waals surface area contributed by atoms with E-state index in [0.717, 1.165) is 5.57 Å². The summed E-state index contributed by atoms with van der Waals surface area (Å²) in [6, 6.07) is 0. The van der Waals surface area contributed by atoms with Gasteiger partial charge in [-0.05, 0) is 6.08 Å². The summed E-state index contributed by atoms with van der Waals surface area (Å²) in [4.78, 5) is 14.9. The Morgan fingerprint density at radius 1 is 1.57 bits per heavy atom. The Morgan fingerprint density at radius 2 is 2.43 bits per heavy atom. The normalized spacial score (nSPS) is 27.6. The first kappa shape index (κ1) is 8.74. The zero-order valence-electron chi connectivity index (χ0n) is 7.64. The summed E-state index contributed by atoms with van der Waals surface area (Å²) in [6.45, 7) is 1.36. The Labute approximate surface area is 81.2 Å². The molecule has 72 valence electrons. The highest BCUT2D eigenvalue weighted by atomic mass is 16.6. The van der Waals surface area contributed by atoms with Crippen molar-refractivity contribution < 1.29 is 14.3 Å². The van der Waals surface area contributed by atoms with Crippen molar-refractivity contribution in [3.63, 3.8) is 0 Å². The minimum absolute atomic E-state index is 0.357.